The number of hydrogen-bond donors (Lipinski definition) is 2. The lowest BCUT2D eigenvalue weighted by molar-refractivity contribution is 0.0963. The van der Waals surface area contributed by atoms with Crippen LogP contribution in [0.4, 0.5) is 4.79 Å². The molecule has 0 saturated carbocycles. The number of aromatic nitrogens is 2. The van der Waals surface area contributed by atoms with Crippen molar-refractivity contribution in [3.63, 3.8) is 0 Å². The molecule has 4 rings (SSSR count). The summed E-state index contributed by atoms with van der Waals surface area (Å²) in [6, 6.07) is 5.04. The topological polar surface area (TPSA) is 101 Å². The molecule has 8 nitrogen and oxygen atoms in total. The van der Waals surface area contributed by atoms with Crippen LogP contribution in [-0.2, 0) is 0 Å². The molecule has 8 heteroatoms. The van der Waals surface area contributed by atoms with Crippen LogP contribution in [0.3, 0.4) is 0 Å². The van der Waals surface area contributed by atoms with Crippen LogP contribution in [0.25, 0.3) is 16.7 Å². The fraction of sp³-hybridized carbons (Fsp3) is 0.278. The molecule has 0 radical (unpaired) electrons. The molecule has 0 fully saturated rings. The summed E-state index contributed by atoms with van der Waals surface area (Å²) in [5, 5.41) is 5.29. The van der Waals surface area contributed by atoms with Crippen molar-refractivity contribution in [2.75, 3.05) is 7.05 Å². The minimum atomic E-state index is -0.414. The monoisotopic (exact) mass is 350 g/mol. The van der Waals surface area contributed by atoms with Gasteiger partial charge in [0.1, 0.15) is 5.82 Å². The molecule has 2 aliphatic heterocycles. The zero-order valence-electron chi connectivity index (χ0n) is 14.6. The molecule has 0 spiro atoms. The van der Waals surface area contributed by atoms with E-state index in [2.05, 4.69) is 34.5 Å². The van der Waals surface area contributed by atoms with Gasteiger partial charge < -0.3 is 10.6 Å². The number of carbonyl (C=O) groups is 2. The van der Waals surface area contributed by atoms with Crippen LogP contribution in [0.5, 0.6) is 0 Å². The SMILES string of the molecule is CNC(=O)c1ccc2c(c1)nc(C(C)C)n2C1=CC2=NC(=O)NC2N=C1. The fourth-order valence-corrected chi connectivity index (χ4v) is 3.13. The standard InChI is InChI=1S/C18H18N6O2/c1-9(2)16-21-12-6-10(17(25)19-3)4-5-14(12)24(16)11-7-13-15(20-8-11)23-18(26)22-13/h4-9,15H,1-3H3,(H,19,25)(H,23,26). The van der Waals surface area contributed by atoms with Crippen molar-refractivity contribution < 1.29 is 9.59 Å². The predicted octanol–water partition coefficient (Wildman–Crippen LogP) is 1.93. The van der Waals surface area contributed by atoms with Gasteiger partial charge in [0.15, 0.2) is 6.17 Å². The summed E-state index contributed by atoms with van der Waals surface area (Å²) in [5.41, 5.74) is 3.53. The molecule has 1 aromatic carbocycles. The normalized spacial score (nSPS) is 18.6. The number of hydrogen-bond acceptors (Lipinski definition) is 4. The third-order valence-corrected chi connectivity index (χ3v) is 4.37. The van der Waals surface area contributed by atoms with Gasteiger partial charge in [0, 0.05) is 24.7 Å². The van der Waals surface area contributed by atoms with Gasteiger partial charge in [-0.3, -0.25) is 14.4 Å². The highest BCUT2D eigenvalue weighted by molar-refractivity contribution is 6.22. The van der Waals surface area contributed by atoms with E-state index in [1.165, 1.54) is 0 Å². The Morgan fingerprint density at radius 3 is 2.88 bits per heavy atom. The maximum atomic E-state index is 11.9. The van der Waals surface area contributed by atoms with Gasteiger partial charge in [0.05, 0.1) is 22.4 Å². The van der Waals surface area contributed by atoms with E-state index >= 15 is 0 Å². The molecular formula is C18H18N6O2. The maximum Gasteiger partial charge on any atom is 0.343 e. The first-order chi connectivity index (χ1) is 12.5. The summed E-state index contributed by atoms with van der Waals surface area (Å²) < 4.78 is 2.00. The number of dihydropyridines is 1. The highest BCUT2D eigenvalue weighted by Crippen LogP contribution is 2.27. The molecule has 2 aromatic rings. The van der Waals surface area contributed by atoms with E-state index in [1.807, 2.05) is 16.7 Å². The molecule has 132 valence electrons. The Kier molecular flexibility index (Phi) is 3.68. The number of allylic oxidation sites excluding steroid dienone is 1. The van der Waals surface area contributed by atoms with E-state index in [0.29, 0.717) is 11.3 Å². The number of nitrogens with one attached hydrogen (secondary N) is 2. The Morgan fingerprint density at radius 2 is 2.15 bits per heavy atom. The second-order valence-electron chi connectivity index (χ2n) is 6.48. The van der Waals surface area contributed by atoms with E-state index in [4.69, 9.17) is 4.98 Å². The predicted molar refractivity (Wildman–Crippen MR) is 99.7 cm³/mol. The maximum absolute atomic E-state index is 11.9. The first kappa shape index (κ1) is 16.2. The molecule has 1 atom stereocenters. The average molecular weight is 350 g/mol. The number of benzene rings is 1. The molecule has 0 aliphatic carbocycles. The highest BCUT2D eigenvalue weighted by atomic mass is 16.2. The van der Waals surface area contributed by atoms with E-state index in [9.17, 15) is 9.59 Å². The minimum Gasteiger partial charge on any atom is -0.355 e. The number of aliphatic imine (C=N–C) groups is 2. The largest absolute Gasteiger partial charge is 0.355 e. The number of urea groups is 1. The van der Waals surface area contributed by atoms with Crippen LogP contribution in [-0.4, -0.2) is 46.6 Å². The smallest absolute Gasteiger partial charge is 0.343 e. The lowest BCUT2D eigenvalue weighted by Gasteiger charge is -2.17. The van der Waals surface area contributed by atoms with E-state index in [-0.39, 0.29) is 17.9 Å². The van der Waals surface area contributed by atoms with E-state index in [0.717, 1.165) is 22.6 Å². The van der Waals surface area contributed by atoms with E-state index < -0.39 is 6.17 Å². The molecule has 3 heterocycles. The first-order valence-corrected chi connectivity index (χ1v) is 8.36. The van der Waals surface area contributed by atoms with E-state index in [1.54, 1.807) is 25.4 Å². The van der Waals surface area contributed by atoms with Crippen LogP contribution < -0.4 is 10.6 Å². The molecular weight excluding hydrogens is 332 g/mol. The summed E-state index contributed by atoms with van der Waals surface area (Å²) in [6.45, 7) is 4.11. The van der Waals surface area contributed by atoms with Crippen molar-refractivity contribution in [1.29, 1.82) is 0 Å². The lowest BCUT2D eigenvalue weighted by atomic mass is 10.1. The molecule has 0 bridgehead atoms. The van der Waals surface area contributed by atoms with Gasteiger partial charge >= 0.3 is 6.03 Å². The minimum absolute atomic E-state index is 0.154. The Hall–Kier alpha value is -3.29. The molecule has 2 aliphatic rings. The van der Waals surface area contributed by atoms with Crippen molar-refractivity contribution in [2.45, 2.75) is 25.9 Å². The molecule has 1 aromatic heterocycles. The Labute approximate surface area is 149 Å². The number of nitrogens with zero attached hydrogens (tertiary/aromatic N) is 4. The summed E-state index contributed by atoms with van der Waals surface area (Å²) >= 11 is 0. The summed E-state index contributed by atoms with van der Waals surface area (Å²) in [7, 11) is 1.60. The number of rotatable bonds is 3. The van der Waals surface area contributed by atoms with Gasteiger partial charge in [-0.15, -0.1) is 0 Å². The zero-order chi connectivity index (χ0) is 18.4. The number of fused-ring (bicyclic) bond motifs is 2. The Balaban J connectivity index is 1.89. The van der Waals surface area contributed by atoms with Gasteiger partial charge in [-0.2, -0.15) is 4.99 Å². The number of carbonyl (C=O) groups excluding carboxylic acids is 2. The lowest BCUT2D eigenvalue weighted by Crippen LogP contribution is -2.31. The van der Waals surface area contributed by atoms with Crippen LogP contribution in [0.15, 0.2) is 34.3 Å². The van der Waals surface area contributed by atoms with Crippen molar-refractivity contribution >= 4 is 40.6 Å². The first-order valence-electron chi connectivity index (χ1n) is 8.36. The quantitative estimate of drug-likeness (QED) is 0.884. The van der Waals surface area contributed by atoms with Crippen LogP contribution in [0, 0.1) is 0 Å². The van der Waals surface area contributed by atoms with Crippen molar-refractivity contribution in [3.8, 4) is 0 Å². The molecule has 3 amide bonds. The van der Waals surface area contributed by atoms with Gasteiger partial charge in [-0.05, 0) is 24.3 Å². The molecule has 1 unspecified atom stereocenters. The molecule has 2 N–H and O–H groups in total. The van der Waals surface area contributed by atoms with Gasteiger partial charge in [-0.1, -0.05) is 13.8 Å². The summed E-state index contributed by atoms with van der Waals surface area (Å²) in [6.07, 6.45) is 3.15. The highest BCUT2D eigenvalue weighted by Gasteiger charge is 2.27. The summed E-state index contributed by atoms with van der Waals surface area (Å²) in [5.74, 6) is 0.852. The van der Waals surface area contributed by atoms with Crippen LogP contribution >= 0.6 is 0 Å². The van der Waals surface area contributed by atoms with Crippen LogP contribution in [0.2, 0.25) is 0 Å². The van der Waals surface area contributed by atoms with Crippen molar-refractivity contribution in [3.05, 3.63) is 35.7 Å². The number of amides is 3. The Bertz CT molecular complexity index is 1030. The van der Waals surface area contributed by atoms with Crippen molar-refractivity contribution in [2.24, 2.45) is 9.98 Å². The number of imidazole rings is 1. The van der Waals surface area contributed by atoms with Gasteiger partial charge in [0.2, 0.25) is 0 Å². The molecule has 26 heavy (non-hydrogen) atoms. The van der Waals surface area contributed by atoms with Crippen molar-refractivity contribution in [1.82, 2.24) is 20.2 Å². The van der Waals surface area contributed by atoms with Gasteiger partial charge in [-0.25, -0.2) is 9.78 Å². The summed E-state index contributed by atoms with van der Waals surface area (Å²) in [4.78, 5) is 36.4. The zero-order valence-corrected chi connectivity index (χ0v) is 14.6. The second kappa shape index (κ2) is 5.91. The van der Waals surface area contributed by atoms with Crippen LogP contribution in [0.1, 0.15) is 35.9 Å². The van der Waals surface area contributed by atoms with Gasteiger partial charge in [0.25, 0.3) is 5.91 Å². The average Bonchev–Trinajstić information content (AvgIpc) is 3.19. The third-order valence-electron chi connectivity index (χ3n) is 4.37. The second-order valence-corrected chi connectivity index (χ2v) is 6.48. The fourth-order valence-electron chi connectivity index (χ4n) is 3.13. The Morgan fingerprint density at radius 1 is 1.35 bits per heavy atom. The third kappa shape index (κ3) is 2.50. The molecule has 0 saturated heterocycles.